The fourth-order valence-corrected chi connectivity index (χ4v) is 7.21. The Morgan fingerprint density at radius 1 is 0.537 bits per heavy atom. The van der Waals surface area contributed by atoms with Crippen LogP contribution in [0.5, 0.6) is 0 Å². The molecular weight excluding hydrogens is 677 g/mol. The molecule has 2 fully saturated rings. The average molecular weight is 725 g/mol. The molecule has 0 unspecified atom stereocenters. The minimum Gasteiger partial charge on any atom is -0.351 e. The molecule has 0 aliphatic carbocycles. The van der Waals surface area contributed by atoms with Gasteiger partial charge in [0.05, 0.1) is 22.1 Å². The predicted molar refractivity (Wildman–Crippen MR) is 215 cm³/mol. The number of aromatic nitrogens is 4. The molecule has 2 amide bonds. The van der Waals surface area contributed by atoms with Crippen LogP contribution in [-0.4, -0.2) is 144 Å². The standard InChI is InChI=1S/C42H48N10O2/c1-49-19-23-51(24-20-49)17-15-43-41(53)31-7-3-29(4-8-31)39-45-35-13-11-33(27-37(35)47-39)34-12-14-36-38(28-34)48-40(46-36)30-5-9-32(10-6-30)42(54)44-16-18-52-25-21-50(2)22-26-52/h3-14,27-28H,15-26H2,1-2H3,(H,43,53)(H,44,54)(H,45,47)(H,46,48). The summed E-state index contributed by atoms with van der Waals surface area (Å²) in [5, 5.41) is 6.12. The van der Waals surface area contributed by atoms with Crippen molar-refractivity contribution in [2.75, 3.05) is 92.6 Å². The van der Waals surface area contributed by atoms with Gasteiger partial charge < -0.3 is 30.4 Å². The van der Waals surface area contributed by atoms with Gasteiger partial charge in [-0.05, 0) is 73.8 Å². The van der Waals surface area contributed by atoms with Crippen molar-refractivity contribution in [1.82, 2.24) is 50.2 Å². The van der Waals surface area contributed by atoms with Crippen LogP contribution in [0.15, 0.2) is 84.9 Å². The Kier molecular flexibility index (Phi) is 10.5. The molecule has 12 nitrogen and oxygen atoms in total. The summed E-state index contributed by atoms with van der Waals surface area (Å²) in [5.74, 6) is 1.39. The van der Waals surface area contributed by atoms with Crippen LogP contribution in [0.1, 0.15) is 20.7 Å². The van der Waals surface area contributed by atoms with Gasteiger partial charge in [-0.3, -0.25) is 19.4 Å². The van der Waals surface area contributed by atoms with Crippen LogP contribution in [0.25, 0.3) is 56.0 Å². The number of hydrogen-bond acceptors (Lipinski definition) is 8. The van der Waals surface area contributed by atoms with Crippen molar-refractivity contribution in [3.8, 4) is 33.9 Å². The Hall–Kier alpha value is -5.40. The second-order valence-electron chi connectivity index (χ2n) is 14.6. The third-order valence-electron chi connectivity index (χ3n) is 10.8. The average Bonchev–Trinajstić information content (AvgIpc) is 3.84. The van der Waals surface area contributed by atoms with Gasteiger partial charge in [0.2, 0.25) is 0 Å². The van der Waals surface area contributed by atoms with E-state index in [1.54, 1.807) is 0 Å². The summed E-state index contributed by atoms with van der Waals surface area (Å²) in [7, 11) is 4.29. The lowest BCUT2D eigenvalue weighted by molar-refractivity contribution is 0.0933. The highest BCUT2D eigenvalue weighted by Crippen LogP contribution is 2.29. The third kappa shape index (κ3) is 8.22. The quantitative estimate of drug-likeness (QED) is 0.155. The molecule has 0 radical (unpaired) electrons. The first kappa shape index (κ1) is 35.6. The van der Waals surface area contributed by atoms with Gasteiger partial charge in [-0.15, -0.1) is 0 Å². The number of likely N-dealkylation sites (N-methyl/N-ethyl adjacent to an activating group) is 2. The van der Waals surface area contributed by atoms with Gasteiger partial charge in [0.15, 0.2) is 0 Å². The monoisotopic (exact) mass is 724 g/mol. The fourth-order valence-electron chi connectivity index (χ4n) is 7.21. The number of amides is 2. The number of nitrogens with zero attached hydrogens (tertiary/aromatic N) is 6. The van der Waals surface area contributed by atoms with Gasteiger partial charge in [0.1, 0.15) is 11.6 Å². The number of fused-ring (bicyclic) bond motifs is 2. The summed E-state index contributed by atoms with van der Waals surface area (Å²) in [6, 6.07) is 27.6. The molecule has 54 heavy (non-hydrogen) atoms. The highest BCUT2D eigenvalue weighted by Gasteiger charge is 2.16. The molecule has 0 bridgehead atoms. The smallest absolute Gasteiger partial charge is 0.251 e. The molecule has 2 aromatic heterocycles. The number of carbonyl (C=O) groups excluding carboxylic acids is 2. The first-order chi connectivity index (χ1) is 26.3. The van der Waals surface area contributed by atoms with Crippen LogP contribution >= 0.6 is 0 Å². The summed E-state index contributed by atoms with van der Waals surface area (Å²) in [4.78, 5) is 51.6. The minimum atomic E-state index is -0.0591. The van der Waals surface area contributed by atoms with Crippen LogP contribution < -0.4 is 10.6 Å². The molecule has 278 valence electrons. The Bertz CT molecular complexity index is 2070. The number of carbonyl (C=O) groups is 2. The number of H-pyrrole nitrogens is 2. The second kappa shape index (κ2) is 15.9. The maximum atomic E-state index is 12.8. The van der Waals surface area contributed by atoms with Crippen LogP contribution in [0, 0.1) is 0 Å². The van der Waals surface area contributed by atoms with Crippen molar-refractivity contribution in [3.63, 3.8) is 0 Å². The van der Waals surface area contributed by atoms with Crippen molar-refractivity contribution < 1.29 is 9.59 Å². The normalized spacial score (nSPS) is 16.3. The van der Waals surface area contributed by atoms with Crippen LogP contribution in [-0.2, 0) is 0 Å². The van der Waals surface area contributed by atoms with Gasteiger partial charge in [-0.25, -0.2) is 9.97 Å². The van der Waals surface area contributed by atoms with E-state index in [-0.39, 0.29) is 11.8 Å². The molecule has 2 saturated heterocycles. The third-order valence-corrected chi connectivity index (χ3v) is 10.8. The topological polar surface area (TPSA) is 129 Å². The highest BCUT2D eigenvalue weighted by molar-refractivity contribution is 5.95. The van der Waals surface area contributed by atoms with Crippen molar-refractivity contribution in [2.24, 2.45) is 0 Å². The number of piperazine rings is 2. The van der Waals surface area contributed by atoms with E-state index in [2.05, 4.69) is 78.6 Å². The molecule has 2 aliphatic heterocycles. The maximum absolute atomic E-state index is 12.8. The van der Waals surface area contributed by atoms with Gasteiger partial charge >= 0.3 is 0 Å². The van der Waals surface area contributed by atoms with Gasteiger partial charge in [0, 0.05) is 101 Å². The Balaban J connectivity index is 0.885. The number of benzene rings is 4. The molecule has 0 atom stereocenters. The van der Waals surface area contributed by atoms with Crippen molar-refractivity contribution in [2.45, 2.75) is 0 Å². The maximum Gasteiger partial charge on any atom is 0.251 e. The van der Waals surface area contributed by atoms with Crippen LogP contribution in [0.3, 0.4) is 0 Å². The van der Waals surface area contributed by atoms with E-state index in [4.69, 9.17) is 9.97 Å². The number of aromatic amines is 2. The van der Waals surface area contributed by atoms with Gasteiger partial charge in [-0.1, -0.05) is 36.4 Å². The lowest BCUT2D eigenvalue weighted by atomic mass is 10.0. The highest BCUT2D eigenvalue weighted by atomic mass is 16.2. The van der Waals surface area contributed by atoms with Crippen molar-refractivity contribution >= 4 is 33.9 Å². The number of hydrogen-bond donors (Lipinski definition) is 4. The lowest BCUT2D eigenvalue weighted by Crippen LogP contribution is -2.46. The number of imidazole rings is 2. The molecular formula is C42H48N10O2. The molecule has 12 heteroatoms. The zero-order valence-corrected chi connectivity index (χ0v) is 31.1. The summed E-state index contributed by atoms with van der Waals surface area (Å²) in [5.41, 5.74) is 8.84. The summed E-state index contributed by atoms with van der Waals surface area (Å²) >= 11 is 0. The molecule has 4 aromatic carbocycles. The van der Waals surface area contributed by atoms with E-state index in [0.29, 0.717) is 24.2 Å². The van der Waals surface area contributed by atoms with E-state index >= 15 is 0 Å². The number of nitrogens with one attached hydrogen (secondary N) is 4. The zero-order chi connectivity index (χ0) is 37.0. The molecule has 4 N–H and O–H groups in total. The van der Waals surface area contributed by atoms with Gasteiger partial charge in [0.25, 0.3) is 11.8 Å². The summed E-state index contributed by atoms with van der Waals surface area (Å²) in [6.07, 6.45) is 0. The fraction of sp³-hybridized carbons (Fsp3) is 0.333. The summed E-state index contributed by atoms with van der Waals surface area (Å²) in [6.45, 7) is 11.4. The molecule has 4 heterocycles. The lowest BCUT2D eigenvalue weighted by Gasteiger charge is -2.32. The van der Waals surface area contributed by atoms with E-state index < -0.39 is 0 Å². The Morgan fingerprint density at radius 3 is 1.30 bits per heavy atom. The molecule has 2 aliphatic rings. The van der Waals surface area contributed by atoms with Gasteiger partial charge in [-0.2, -0.15) is 0 Å². The van der Waals surface area contributed by atoms with E-state index in [1.807, 2.05) is 60.7 Å². The first-order valence-corrected chi connectivity index (χ1v) is 18.9. The molecule has 8 rings (SSSR count). The van der Waals surface area contributed by atoms with E-state index in [9.17, 15) is 9.59 Å². The van der Waals surface area contributed by atoms with Crippen molar-refractivity contribution in [1.29, 1.82) is 0 Å². The van der Waals surface area contributed by atoms with E-state index in [1.165, 1.54) is 0 Å². The largest absolute Gasteiger partial charge is 0.351 e. The zero-order valence-electron chi connectivity index (χ0n) is 31.1. The molecule has 0 saturated carbocycles. The molecule has 6 aromatic rings. The predicted octanol–water partition coefficient (Wildman–Crippen LogP) is 4.39. The van der Waals surface area contributed by atoms with Crippen LogP contribution in [0.2, 0.25) is 0 Å². The van der Waals surface area contributed by atoms with Crippen LogP contribution in [0.4, 0.5) is 0 Å². The van der Waals surface area contributed by atoms with E-state index in [0.717, 1.165) is 121 Å². The number of rotatable bonds is 11. The Morgan fingerprint density at radius 2 is 0.907 bits per heavy atom. The Labute approximate surface area is 315 Å². The molecule has 0 spiro atoms. The second-order valence-corrected chi connectivity index (χ2v) is 14.6. The summed E-state index contributed by atoms with van der Waals surface area (Å²) < 4.78 is 0. The SMILES string of the molecule is CN1CCN(CCNC(=O)c2ccc(-c3nc4ccc(-c5ccc6nc(-c7ccc(C(=O)NCCN8CCN(C)CC8)cc7)[nH]c6c5)cc4[nH]3)cc2)CC1. The minimum absolute atomic E-state index is 0.0591. The first-order valence-electron chi connectivity index (χ1n) is 18.9. The van der Waals surface area contributed by atoms with Crippen molar-refractivity contribution in [3.05, 3.63) is 96.1 Å².